The van der Waals surface area contributed by atoms with Gasteiger partial charge < -0.3 is 11.1 Å². The third-order valence-electron chi connectivity index (χ3n) is 2.65. The third kappa shape index (κ3) is 4.18. The van der Waals surface area contributed by atoms with E-state index >= 15 is 0 Å². The van der Waals surface area contributed by atoms with Crippen LogP contribution in [0.5, 0.6) is 0 Å². The first-order valence-electron chi connectivity index (χ1n) is 5.98. The van der Waals surface area contributed by atoms with E-state index in [0.29, 0.717) is 0 Å². The maximum atomic E-state index is 11.9. The van der Waals surface area contributed by atoms with E-state index in [1.807, 2.05) is 0 Å². The van der Waals surface area contributed by atoms with Gasteiger partial charge in [-0.25, -0.2) is 18.1 Å². The Bertz CT molecular complexity index is 569. The lowest BCUT2D eigenvalue weighted by molar-refractivity contribution is -0.121. The van der Waals surface area contributed by atoms with E-state index in [1.165, 1.54) is 18.3 Å². The van der Waals surface area contributed by atoms with Crippen molar-refractivity contribution in [3.8, 4) is 0 Å². The molecule has 7 nitrogen and oxygen atoms in total. The Morgan fingerprint density at radius 3 is 2.84 bits per heavy atom. The van der Waals surface area contributed by atoms with Crippen LogP contribution in [0.2, 0.25) is 0 Å². The Labute approximate surface area is 111 Å². The maximum Gasteiger partial charge on any atom is 0.240 e. The lowest BCUT2D eigenvalue weighted by atomic mass is 10.4. The molecule has 19 heavy (non-hydrogen) atoms. The number of sulfonamides is 1. The summed E-state index contributed by atoms with van der Waals surface area (Å²) in [6.07, 6.45) is 3.46. The van der Waals surface area contributed by atoms with Gasteiger partial charge in [-0.2, -0.15) is 0 Å². The van der Waals surface area contributed by atoms with Crippen LogP contribution in [0.15, 0.2) is 23.2 Å². The van der Waals surface area contributed by atoms with E-state index in [0.717, 1.165) is 12.8 Å². The number of pyridine rings is 1. The number of amides is 1. The molecule has 1 heterocycles. The van der Waals surface area contributed by atoms with Gasteiger partial charge in [-0.1, -0.05) is 0 Å². The SMILES string of the molecule is Nc1cc(S(=O)(=O)NCCC(=O)NC2CC2)ccn1. The van der Waals surface area contributed by atoms with Crippen molar-refractivity contribution in [3.05, 3.63) is 18.3 Å². The summed E-state index contributed by atoms with van der Waals surface area (Å²) in [6.45, 7) is 0.0586. The second-order valence-corrected chi connectivity index (χ2v) is 6.17. The molecule has 1 aromatic rings. The van der Waals surface area contributed by atoms with Gasteiger partial charge in [0.05, 0.1) is 4.90 Å². The predicted molar refractivity (Wildman–Crippen MR) is 69.6 cm³/mol. The Morgan fingerprint density at radius 1 is 1.47 bits per heavy atom. The van der Waals surface area contributed by atoms with Crippen molar-refractivity contribution in [2.45, 2.75) is 30.2 Å². The largest absolute Gasteiger partial charge is 0.384 e. The lowest BCUT2D eigenvalue weighted by Crippen LogP contribution is -2.31. The highest BCUT2D eigenvalue weighted by Gasteiger charge is 2.23. The maximum absolute atomic E-state index is 11.9. The zero-order chi connectivity index (χ0) is 13.9. The van der Waals surface area contributed by atoms with Gasteiger partial charge in [0, 0.05) is 31.3 Å². The van der Waals surface area contributed by atoms with E-state index in [2.05, 4.69) is 15.0 Å². The highest BCUT2D eigenvalue weighted by atomic mass is 32.2. The molecule has 2 rings (SSSR count). The Kier molecular flexibility index (Phi) is 4.01. The van der Waals surface area contributed by atoms with Crippen LogP contribution in [0, 0.1) is 0 Å². The minimum Gasteiger partial charge on any atom is -0.384 e. The predicted octanol–water partition coefficient (Wildman–Crippen LogP) is -0.389. The molecule has 8 heteroatoms. The lowest BCUT2D eigenvalue weighted by Gasteiger charge is -2.07. The third-order valence-corrected chi connectivity index (χ3v) is 4.11. The van der Waals surface area contributed by atoms with Crippen molar-refractivity contribution in [2.24, 2.45) is 0 Å². The average Bonchev–Trinajstić information content (AvgIpc) is 3.12. The molecule has 1 aliphatic carbocycles. The molecule has 0 saturated heterocycles. The van der Waals surface area contributed by atoms with Crippen LogP contribution in [0.25, 0.3) is 0 Å². The van der Waals surface area contributed by atoms with Crippen LogP contribution in [-0.2, 0) is 14.8 Å². The fourth-order valence-corrected chi connectivity index (χ4v) is 2.56. The number of aromatic nitrogens is 1. The highest BCUT2D eigenvalue weighted by molar-refractivity contribution is 7.89. The van der Waals surface area contributed by atoms with Gasteiger partial charge in [0.25, 0.3) is 0 Å². The van der Waals surface area contributed by atoms with E-state index in [-0.39, 0.29) is 35.6 Å². The number of nitrogens with two attached hydrogens (primary N) is 1. The average molecular weight is 284 g/mol. The summed E-state index contributed by atoms with van der Waals surface area (Å²) in [5.74, 6) is -0.00575. The summed E-state index contributed by atoms with van der Waals surface area (Å²) in [5.41, 5.74) is 5.43. The molecule has 0 spiro atoms. The molecule has 0 aliphatic heterocycles. The zero-order valence-corrected chi connectivity index (χ0v) is 11.1. The minimum absolute atomic E-state index is 0.0441. The molecule has 0 atom stereocenters. The number of nitrogen functional groups attached to an aromatic ring is 1. The normalized spacial score (nSPS) is 15.2. The van der Waals surface area contributed by atoms with E-state index in [9.17, 15) is 13.2 Å². The Balaban J connectivity index is 1.85. The van der Waals surface area contributed by atoms with Gasteiger partial charge >= 0.3 is 0 Å². The fourth-order valence-electron chi connectivity index (χ4n) is 1.50. The molecular weight excluding hydrogens is 268 g/mol. The highest BCUT2D eigenvalue weighted by Crippen LogP contribution is 2.18. The van der Waals surface area contributed by atoms with Gasteiger partial charge in [-0.15, -0.1) is 0 Å². The smallest absolute Gasteiger partial charge is 0.240 e. The van der Waals surface area contributed by atoms with Crippen molar-refractivity contribution >= 4 is 21.7 Å². The molecule has 1 aromatic heterocycles. The summed E-state index contributed by atoms with van der Waals surface area (Å²) in [7, 11) is -3.64. The van der Waals surface area contributed by atoms with Crippen LogP contribution < -0.4 is 15.8 Å². The summed E-state index contributed by atoms with van der Waals surface area (Å²) in [4.78, 5) is 15.2. The molecule has 0 bridgehead atoms. The number of hydrogen-bond acceptors (Lipinski definition) is 5. The summed E-state index contributed by atoms with van der Waals surface area (Å²) in [6, 6.07) is 2.90. The molecule has 1 fully saturated rings. The van der Waals surface area contributed by atoms with Gasteiger partial charge in [0.2, 0.25) is 15.9 Å². The van der Waals surface area contributed by atoms with Gasteiger partial charge in [0.1, 0.15) is 5.82 Å². The monoisotopic (exact) mass is 284 g/mol. The number of carbonyl (C=O) groups is 1. The van der Waals surface area contributed by atoms with Crippen LogP contribution in [0.1, 0.15) is 19.3 Å². The van der Waals surface area contributed by atoms with Crippen molar-refractivity contribution in [2.75, 3.05) is 12.3 Å². The summed E-state index contributed by atoms with van der Waals surface area (Å²) < 4.78 is 26.1. The first kappa shape index (κ1) is 13.8. The van der Waals surface area contributed by atoms with Crippen LogP contribution in [-0.4, -0.2) is 31.9 Å². The van der Waals surface area contributed by atoms with Gasteiger partial charge in [-0.05, 0) is 18.9 Å². The van der Waals surface area contributed by atoms with Crippen LogP contribution in [0.3, 0.4) is 0 Å². The topological polar surface area (TPSA) is 114 Å². The van der Waals surface area contributed by atoms with Crippen LogP contribution in [0.4, 0.5) is 5.82 Å². The first-order valence-corrected chi connectivity index (χ1v) is 7.46. The molecule has 0 radical (unpaired) electrons. The fraction of sp³-hybridized carbons (Fsp3) is 0.455. The molecule has 0 aromatic carbocycles. The molecule has 1 saturated carbocycles. The zero-order valence-electron chi connectivity index (χ0n) is 10.3. The van der Waals surface area contributed by atoms with Crippen LogP contribution >= 0.6 is 0 Å². The number of nitrogens with zero attached hydrogens (tertiary/aromatic N) is 1. The molecule has 4 N–H and O–H groups in total. The Morgan fingerprint density at radius 2 is 2.21 bits per heavy atom. The standard InChI is InChI=1S/C11H16N4O3S/c12-10-7-9(3-5-13-10)19(17,18)14-6-4-11(16)15-8-1-2-8/h3,5,7-8,14H,1-2,4,6H2,(H2,12,13)(H,15,16). The summed E-state index contributed by atoms with van der Waals surface area (Å²) in [5, 5.41) is 2.79. The minimum atomic E-state index is -3.64. The number of hydrogen-bond donors (Lipinski definition) is 3. The molecule has 104 valence electrons. The number of anilines is 1. The number of rotatable bonds is 6. The van der Waals surface area contributed by atoms with Gasteiger partial charge in [-0.3, -0.25) is 4.79 Å². The quantitative estimate of drug-likeness (QED) is 0.658. The molecule has 0 unspecified atom stereocenters. The van der Waals surface area contributed by atoms with Crippen molar-refractivity contribution in [1.82, 2.24) is 15.0 Å². The molecular formula is C11H16N4O3S. The first-order chi connectivity index (χ1) is 8.97. The van der Waals surface area contributed by atoms with Crippen molar-refractivity contribution in [1.29, 1.82) is 0 Å². The van der Waals surface area contributed by atoms with E-state index < -0.39 is 10.0 Å². The molecule has 1 aliphatic rings. The van der Waals surface area contributed by atoms with Crippen molar-refractivity contribution < 1.29 is 13.2 Å². The Hall–Kier alpha value is -1.67. The van der Waals surface area contributed by atoms with E-state index in [4.69, 9.17) is 5.73 Å². The van der Waals surface area contributed by atoms with E-state index in [1.54, 1.807) is 0 Å². The van der Waals surface area contributed by atoms with Crippen molar-refractivity contribution in [3.63, 3.8) is 0 Å². The summed E-state index contributed by atoms with van der Waals surface area (Å²) >= 11 is 0. The number of nitrogens with one attached hydrogen (secondary N) is 2. The van der Waals surface area contributed by atoms with Gasteiger partial charge in [0.15, 0.2) is 0 Å². The second-order valence-electron chi connectivity index (χ2n) is 4.41. The number of carbonyl (C=O) groups excluding carboxylic acids is 1. The molecule has 1 amide bonds. The second kappa shape index (κ2) is 5.54.